The smallest absolute Gasteiger partial charge is 0.407 e. The van der Waals surface area contributed by atoms with Crippen LogP contribution in [0.1, 0.15) is 51.2 Å². The summed E-state index contributed by atoms with van der Waals surface area (Å²) in [5.74, 6) is -0.723. The predicted octanol–water partition coefficient (Wildman–Crippen LogP) is 5.05. The molecule has 29 heavy (non-hydrogen) atoms. The monoisotopic (exact) mass is 395 g/mol. The van der Waals surface area contributed by atoms with Crippen LogP contribution in [0.15, 0.2) is 48.5 Å². The fraction of sp³-hybridized carbons (Fsp3) is 0.417. The summed E-state index contributed by atoms with van der Waals surface area (Å²) in [5, 5.41) is 12.4. The van der Waals surface area contributed by atoms with Crippen LogP contribution in [0, 0.1) is 11.3 Å². The second-order valence-electron chi connectivity index (χ2n) is 8.68. The number of fused-ring (bicyclic) bond motifs is 3. The number of aliphatic carboxylic acids is 1. The first kappa shape index (κ1) is 20.9. The third-order valence-electron chi connectivity index (χ3n) is 5.77. The van der Waals surface area contributed by atoms with Crippen LogP contribution < -0.4 is 5.32 Å². The molecule has 1 aliphatic rings. The number of nitrogens with one attached hydrogen (secondary N) is 1. The molecule has 0 saturated heterocycles. The summed E-state index contributed by atoms with van der Waals surface area (Å²) in [4.78, 5) is 24.2. The summed E-state index contributed by atoms with van der Waals surface area (Å²) in [6, 6.07) is 15.8. The molecule has 0 bridgehead atoms. The molecule has 3 rings (SSSR count). The molecule has 0 aliphatic heterocycles. The van der Waals surface area contributed by atoms with Gasteiger partial charge in [0.05, 0.1) is 5.41 Å². The molecule has 154 valence electrons. The van der Waals surface area contributed by atoms with Gasteiger partial charge in [0.1, 0.15) is 6.61 Å². The maximum atomic E-state index is 12.6. The van der Waals surface area contributed by atoms with Crippen LogP contribution in [0.3, 0.4) is 0 Å². The van der Waals surface area contributed by atoms with Gasteiger partial charge in [-0.15, -0.1) is 0 Å². The van der Waals surface area contributed by atoms with E-state index in [4.69, 9.17) is 4.74 Å². The summed E-state index contributed by atoms with van der Waals surface area (Å²) in [7, 11) is 0. The zero-order chi connectivity index (χ0) is 21.2. The first-order chi connectivity index (χ1) is 13.7. The van der Waals surface area contributed by atoms with Crippen molar-refractivity contribution in [1.82, 2.24) is 5.32 Å². The molecular formula is C24H29NO4. The molecule has 1 atom stereocenters. The molecular weight excluding hydrogens is 366 g/mol. The lowest BCUT2D eigenvalue weighted by molar-refractivity contribution is -0.148. The zero-order valence-electron chi connectivity index (χ0n) is 17.4. The van der Waals surface area contributed by atoms with E-state index in [1.165, 1.54) is 11.1 Å². The minimum absolute atomic E-state index is 0.0239. The molecule has 5 heteroatoms. The van der Waals surface area contributed by atoms with Crippen molar-refractivity contribution in [2.24, 2.45) is 11.3 Å². The number of amides is 1. The van der Waals surface area contributed by atoms with Crippen molar-refractivity contribution in [3.05, 3.63) is 59.7 Å². The van der Waals surface area contributed by atoms with Gasteiger partial charge in [-0.3, -0.25) is 4.79 Å². The van der Waals surface area contributed by atoms with Crippen LogP contribution in [0.2, 0.25) is 0 Å². The standard InChI is InChI=1S/C24H29NO4/c1-15(2)13-21(24(3,4)22(26)27)25-23(28)29-14-20-18-11-7-5-9-16(18)17-10-6-8-12-19(17)20/h5-12,15,20-21H,13-14H2,1-4H3,(H,25,28)(H,26,27). The third-order valence-corrected chi connectivity index (χ3v) is 5.77. The summed E-state index contributed by atoms with van der Waals surface area (Å²) in [6.45, 7) is 7.48. The van der Waals surface area contributed by atoms with Gasteiger partial charge >= 0.3 is 12.1 Å². The normalized spacial score (nSPS) is 14.2. The number of rotatable bonds is 7. The van der Waals surface area contributed by atoms with Crippen molar-refractivity contribution in [2.45, 2.75) is 46.1 Å². The molecule has 0 spiro atoms. The van der Waals surface area contributed by atoms with Crippen LogP contribution in [-0.2, 0) is 9.53 Å². The Labute approximate surface area is 172 Å². The van der Waals surface area contributed by atoms with Gasteiger partial charge in [0, 0.05) is 12.0 Å². The van der Waals surface area contributed by atoms with Crippen LogP contribution >= 0.6 is 0 Å². The van der Waals surface area contributed by atoms with Gasteiger partial charge in [-0.25, -0.2) is 4.79 Å². The van der Waals surface area contributed by atoms with E-state index in [0.717, 1.165) is 11.1 Å². The Balaban J connectivity index is 1.72. The maximum Gasteiger partial charge on any atom is 0.407 e. The van der Waals surface area contributed by atoms with Gasteiger partial charge in [0.25, 0.3) is 0 Å². The Morgan fingerprint density at radius 1 is 1.03 bits per heavy atom. The number of carbonyl (C=O) groups is 2. The van der Waals surface area contributed by atoms with Crippen LogP contribution in [0.4, 0.5) is 4.79 Å². The first-order valence-electron chi connectivity index (χ1n) is 10.1. The van der Waals surface area contributed by atoms with Crippen molar-refractivity contribution < 1.29 is 19.4 Å². The van der Waals surface area contributed by atoms with E-state index in [1.54, 1.807) is 13.8 Å². The lowest BCUT2D eigenvalue weighted by atomic mass is 9.80. The summed E-state index contributed by atoms with van der Waals surface area (Å²) < 4.78 is 5.58. The zero-order valence-corrected chi connectivity index (χ0v) is 17.4. The molecule has 1 aliphatic carbocycles. The highest BCUT2D eigenvalue weighted by Crippen LogP contribution is 2.44. The highest BCUT2D eigenvalue weighted by atomic mass is 16.5. The van der Waals surface area contributed by atoms with Crippen LogP contribution in [0.5, 0.6) is 0 Å². The number of ether oxygens (including phenoxy) is 1. The number of carbonyl (C=O) groups excluding carboxylic acids is 1. The topological polar surface area (TPSA) is 75.6 Å². The first-order valence-corrected chi connectivity index (χ1v) is 10.1. The third kappa shape index (κ3) is 4.29. The lowest BCUT2D eigenvalue weighted by Gasteiger charge is -2.32. The van der Waals surface area contributed by atoms with Gasteiger partial charge in [0.15, 0.2) is 0 Å². The second-order valence-corrected chi connectivity index (χ2v) is 8.68. The molecule has 2 aromatic carbocycles. The quantitative estimate of drug-likeness (QED) is 0.688. The Hall–Kier alpha value is -2.82. The maximum absolute atomic E-state index is 12.6. The minimum Gasteiger partial charge on any atom is -0.481 e. The molecule has 0 aromatic heterocycles. The van der Waals surface area contributed by atoms with Crippen molar-refractivity contribution in [3.63, 3.8) is 0 Å². The van der Waals surface area contributed by atoms with E-state index in [9.17, 15) is 14.7 Å². The highest BCUT2D eigenvalue weighted by Gasteiger charge is 2.38. The van der Waals surface area contributed by atoms with Gasteiger partial charge in [-0.1, -0.05) is 62.4 Å². The van der Waals surface area contributed by atoms with Crippen molar-refractivity contribution in [3.8, 4) is 11.1 Å². The summed E-state index contributed by atoms with van der Waals surface area (Å²) in [5.41, 5.74) is 3.54. The molecule has 2 N–H and O–H groups in total. The van der Waals surface area contributed by atoms with E-state index in [0.29, 0.717) is 6.42 Å². The number of carboxylic acid groups (broad SMARTS) is 1. The van der Waals surface area contributed by atoms with Crippen molar-refractivity contribution >= 4 is 12.1 Å². The van der Waals surface area contributed by atoms with Crippen LogP contribution in [0.25, 0.3) is 11.1 Å². The van der Waals surface area contributed by atoms with E-state index in [-0.39, 0.29) is 18.4 Å². The average Bonchev–Trinajstić information content (AvgIpc) is 2.99. The Bertz CT molecular complexity index is 858. The summed E-state index contributed by atoms with van der Waals surface area (Å²) >= 11 is 0. The Morgan fingerprint density at radius 2 is 1.55 bits per heavy atom. The number of hydrogen-bond donors (Lipinski definition) is 2. The fourth-order valence-electron chi connectivity index (χ4n) is 3.94. The number of benzene rings is 2. The van der Waals surface area contributed by atoms with E-state index >= 15 is 0 Å². The molecule has 0 radical (unpaired) electrons. The molecule has 0 heterocycles. The van der Waals surface area contributed by atoms with Gasteiger partial charge < -0.3 is 15.2 Å². The van der Waals surface area contributed by atoms with E-state index in [2.05, 4.69) is 29.6 Å². The Morgan fingerprint density at radius 3 is 2.03 bits per heavy atom. The molecule has 1 unspecified atom stereocenters. The molecule has 5 nitrogen and oxygen atoms in total. The number of hydrogen-bond acceptors (Lipinski definition) is 3. The van der Waals surface area contributed by atoms with Gasteiger partial charge in [0.2, 0.25) is 0 Å². The minimum atomic E-state index is -1.09. The molecule has 0 fully saturated rings. The van der Waals surface area contributed by atoms with E-state index in [1.807, 2.05) is 38.1 Å². The van der Waals surface area contributed by atoms with Gasteiger partial charge in [-0.2, -0.15) is 0 Å². The summed E-state index contributed by atoms with van der Waals surface area (Å²) in [6.07, 6.45) is -0.0180. The SMILES string of the molecule is CC(C)CC(NC(=O)OCC1c2ccccc2-c2ccccc21)C(C)(C)C(=O)O. The lowest BCUT2D eigenvalue weighted by Crippen LogP contribution is -2.49. The molecule has 1 amide bonds. The number of carboxylic acids is 1. The van der Waals surface area contributed by atoms with E-state index < -0.39 is 23.5 Å². The average molecular weight is 395 g/mol. The number of alkyl carbamates (subject to hydrolysis) is 1. The predicted molar refractivity (Wildman–Crippen MR) is 113 cm³/mol. The van der Waals surface area contributed by atoms with Crippen molar-refractivity contribution in [2.75, 3.05) is 6.61 Å². The Kier molecular flexibility index (Phi) is 5.96. The van der Waals surface area contributed by atoms with Crippen LogP contribution in [-0.4, -0.2) is 29.8 Å². The molecule has 0 saturated carbocycles. The van der Waals surface area contributed by atoms with Crippen molar-refractivity contribution in [1.29, 1.82) is 0 Å². The second kappa shape index (κ2) is 8.27. The highest BCUT2D eigenvalue weighted by molar-refractivity contribution is 5.79. The molecule has 2 aromatic rings. The largest absolute Gasteiger partial charge is 0.481 e. The fourth-order valence-corrected chi connectivity index (χ4v) is 3.94. The van der Waals surface area contributed by atoms with Gasteiger partial charge in [-0.05, 0) is 48.4 Å².